The first-order valence-electron chi connectivity index (χ1n) is 9.68. The maximum atomic E-state index is 12.6. The molecule has 6 heteroatoms. The number of hydrogen-bond acceptors (Lipinski definition) is 4. The summed E-state index contributed by atoms with van der Waals surface area (Å²) in [7, 11) is 0. The molecule has 1 N–H and O–H groups in total. The fourth-order valence-electron chi connectivity index (χ4n) is 3.66. The van der Waals surface area contributed by atoms with Gasteiger partial charge in [-0.25, -0.2) is 4.79 Å². The Bertz CT molecular complexity index is 938. The molecule has 0 bridgehead atoms. The molecule has 1 fully saturated rings. The van der Waals surface area contributed by atoms with Crippen LogP contribution in [0.3, 0.4) is 0 Å². The maximum Gasteiger partial charge on any atom is 0.321 e. The molecule has 144 valence electrons. The number of carbonyl (C=O) groups excluding carboxylic acids is 1. The van der Waals surface area contributed by atoms with E-state index < -0.39 is 0 Å². The van der Waals surface area contributed by atoms with Crippen molar-refractivity contribution in [2.75, 3.05) is 18.4 Å². The third-order valence-electron chi connectivity index (χ3n) is 5.15. The lowest BCUT2D eigenvalue weighted by molar-refractivity contribution is 0.173. The Morgan fingerprint density at radius 3 is 2.79 bits per heavy atom. The van der Waals surface area contributed by atoms with Crippen LogP contribution in [0.5, 0.6) is 0 Å². The van der Waals surface area contributed by atoms with E-state index in [0.717, 1.165) is 36.2 Å². The number of piperidine rings is 1. The summed E-state index contributed by atoms with van der Waals surface area (Å²) in [4.78, 5) is 19.0. The van der Waals surface area contributed by atoms with Crippen LogP contribution in [0, 0.1) is 12.8 Å². The van der Waals surface area contributed by atoms with Gasteiger partial charge in [0.15, 0.2) is 0 Å². The molecular formula is C22H24N4O2. The highest BCUT2D eigenvalue weighted by Gasteiger charge is 2.25. The zero-order valence-electron chi connectivity index (χ0n) is 16.0. The molecule has 2 heterocycles. The Kier molecular flexibility index (Phi) is 5.37. The molecule has 0 spiro atoms. The molecule has 1 aromatic heterocycles. The molecule has 2 aromatic carbocycles. The Balaban J connectivity index is 1.38. The summed E-state index contributed by atoms with van der Waals surface area (Å²) < 4.78 is 5.49. The summed E-state index contributed by atoms with van der Waals surface area (Å²) in [6.45, 7) is 3.50. The topological polar surface area (TPSA) is 71.3 Å². The van der Waals surface area contributed by atoms with Gasteiger partial charge in [-0.15, -0.1) is 0 Å². The molecule has 2 amide bonds. The lowest BCUT2D eigenvalue weighted by atomic mass is 9.95. The molecule has 0 saturated carbocycles. The van der Waals surface area contributed by atoms with Crippen LogP contribution in [0.25, 0.3) is 11.4 Å². The molecule has 1 unspecified atom stereocenters. The van der Waals surface area contributed by atoms with Crippen LogP contribution < -0.4 is 5.32 Å². The normalized spacial score (nSPS) is 16.8. The molecular weight excluding hydrogens is 352 g/mol. The summed E-state index contributed by atoms with van der Waals surface area (Å²) >= 11 is 0. The van der Waals surface area contributed by atoms with Crippen molar-refractivity contribution in [2.24, 2.45) is 5.92 Å². The van der Waals surface area contributed by atoms with Gasteiger partial charge >= 0.3 is 6.03 Å². The fourth-order valence-corrected chi connectivity index (χ4v) is 3.66. The van der Waals surface area contributed by atoms with Crippen molar-refractivity contribution >= 4 is 11.7 Å². The largest absolute Gasteiger partial charge is 0.339 e. The fraction of sp³-hybridized carbons (Fsp3) is 0.318. The summed E-state index contributed by atoms with van der Waals surface area (Å²) in [5, 5.41) is 7.11. The number of nitrogens with zero attached hydrogens (tertiary/aromatic N) is 3. The van der Waals surface area contributed by atoms with Crippen LogP contribution in [0.1, 0.15) is 24.3 Å². The van der Waals surface area contributed by atoms with Crippen molar-refractivity contribution < 1.29 is 9.32 Å². The molecule has 1 aliphatic rings. The van der Waals surface area contributed by atoms with Gasteiger partial charge in [-0.05, 0) is 43.4 Å². The summed E-state index contributed by atoms with van der Waals surface area (Å²) in [5.74, 6) is 1.58. The Labute approximate surface area is 164 Å². The lowest BCUT2D eigenvalue weighted by Crippen LogP contribution is -2.42. The number of benzene rings is 2. The van der Waals surface area contributed by atoms with E-state index in [4.69, 9.17) is 4.52 Å². The minimum Gasteiger partial charge on any atom is -0.339 e. The average molecular weight is 376 g/mol. The zero-order chi connectivity index (χ0) is 19.3. The van der Waals surface area contributed by atoms with Crippen LogP contribution in [0.2, 0.25) is 0 Å². The molecule has 1 aliphatic heterocycles. The number of hydrogen-bond donors (Lipinski definition) is 1. The zero-order valence-corrected chi connectivity index (χ0v) is 16.0. The van der Waals surface area contributed by atoms with Crippen LogP contribution >= 0.6 is 0 Å². The number of carbonyl (C=O) groups is 1. The van der Waals surface area contributed by atoms with Crippen molar-refractivity contribution in [1.82, 2.24) is 15.0 Å². The number of anilines is 1. The summed E-state index contributed by atoms with van der Waals surface area (Å²) in [6.07, 6.45) is 2.72. The van der Waals surface area contributed by atoms with E-state index >= 15 is 0 Å². The van der Waals surface area contributed by atoms with E-state index in [-0.39, 0.29) is 6.03 Å². The van der Waals surface area contributed by atoms with E-state index in [9.17, 15) is 4.79 Å². The number of amides is 2. The number of rotatable bonds is 4. The van der Waals surface area contributed by atoms with Crippen LogP contribution in [0.15, 0.2) is 59.1 Å². The van der Waals surface area contributed by atoms with Crippen molar-refractivity contribution in [3.63, 3.8) is 0 Å². The van der Waals surface area contributed by atoms with Crippen LogP contribution in [-0.2, 0) is 6.42 Å². The highest BCUT2D eigenvalue weighted by atomic mass is 16.5. The molecule has 0 radical (unpaired) electrons. The van der Waals surface area contributed by atoms with Crippen molar-refractivity contribution in [3.05, 3.63) is 66.1 Å². The first-order valence-corrected chi connectivity index (χ1v) is 9.68. The molecule has 1 atom stereocenters. The predicted octanol–water partition coefficient (Wildman–Crippen LogP) is 4.53. The molecule has 1 saturated heterocycles. The van der Waals surface area contributed by atoms with Gasteiger partial charge in [0.25, 0.3) is 0 Å². The highest BCUT2D eigenvalue weighted by Crippen LogP contribution is 2.24. The number of aromatic nitrogens is 2. The quantitative estimate of drug-likeness (QED) is 0.726. The molecule has 28 heavy (non-hydrogen) atoms. The van der Waals surface area contributed by atoms with E-state index in [0.29, 0.717) is 30.6 Å². The van der Waals surface area contributed by atoms with Gasteiger partial charge in [-0.2, -0.15) is 4.98 Å². The van der Waals surface area contributed by atoms with Crippen LogP contribution in [-0.4, -0.2) is 34.2 Å². The second-order valence-electron chi connectivity index (χ2n) is 7.28. The minimum absolute atomic E-state index is 0.0537. The third-order valence-corrected chi connectivity index (χ3v) is 5.15. The highest BCUT2D eigenvalue weighted by molar-refractivity contribution is 5.89. The Hall–Kier alpha value is -3.15. The van der Waals surface area contributed by atoms with E-state index in [1.807, 2.05) is 66.4 Å². The maximum absolute atomic E-state index is 12.6. The van der Waals surface area contributed by atoms with Gasteiger partial charge in [0, 0.05) is 30.8 Å². The second-order valence-corrected chi connectivity index (χ2v) is 7.28. The van der Waals surface area contributed by atoms with Gasteiger partial charge in [-0.1, -0.05) is 47.6 Å². The van der Waals surface area contributed by atoms with Crippen molar-refractivity contribution in [2.45, 2.75) is 26.2 Å². The van der Waals surface area contributed by atoms with Crippen molar-refractivity contribution in [1.29, 1.82) is 0 Å². The van der Waals surface area contributed by atoms with Gasteiger partial charge in [0.05, 0.1) is 0 Å². The van der Waals surface area contributed by atoms with Gasteiger partial charge in [0.2, 0.25) is 11.7 Å². The number of likely N-dealkylation sites (tertiary alicyclic amines) is 1. The number of aryl methyl sites for hydroxylation is 1. The first-order chi connectivity index (χ1) is 13.7. The smallest absolute Gasteiger partial charge is 0.321 e. The Morgan fingerprint density at radius 1 is 1.18 bits per heavy atom. The van der Waals surface area contributed by atoms with Crippen LogP contribution in [0.4, 0.5) is 10.5 Å². The van der Waals surface area contributed by atoms with E-state index in [2.05, 4.69) is 15.5 Å². The van der Waals surface area contributed by atoms with E-state index in [1.54, 1.807) is 0 Å². The molecule has 4 rings (SSSR count). The minimum atomic E-state index is -0.0537. The SMILES string of the molecule is Cc1ccccc1-c1noc(CC2CCCN(C(=O)Nc3ccccc3)C2)n1. The Morgan fingerprint density at radius 2 is 1.96 bits per heavy atom. The van der Waals surface area contributed by atoms with Gasteiger partial charge in [0.1, 0.15) is 0 Å². The van der Waals surface area contributed by atoms with Crippen molar-refractivity contribution in [3.8, 4) is 11.4 Å². The lowest BCUT2D eigenvalue weighted by Gasteiger charge is -2.32. The van der Waals surface area contributed by atoms with Gasteiger partial charge in [-0.3, -0.25) is 0 Å². The number of nitrogens with one attached hydrogen (secondary N) is 1. The monoisotopic (exact) mass is 376 g/mol. The summed E-state index contributed by atoms with van der Waals surface area (Å²) in [5.41, 5.74) is 2.93. The van der Waals surface area contributed by atoms with Gasteiger partial charge < -0.3 is 14.7 Å². The standard InChI is InChI=1S/C22H24N4O2/c1-16-8-5-6-12-19(16)21-24-20(28-25-21)14-17-9-7-13-26(15-17)22(27)23-18-10-3-2-4-11-18/h2-6,8,10-12,17H,7,9,13-15H2,1H3,(H,23,27). The molecule has 6 nitrogen and oxygen atoms in total. The summed E-state index contributed by atoms with van der Waals surface area (Å²) in [6, 6.07) is 17.5. The predicted molar refractivity (Wildman–Crippen MR) is 108 cm³/mol. The number of para-hydroxylation sites is 1. The third kappa shape index (κ3) is 4.22. The first kappa shape index (κ1) is 18.2. The average Bonchev–Trinajstić information content (AvgIpc) is 3.17. The second kappa shape index (κ2) is 8.25. The van der Waals surface area contributed by atoms with E-state index in [1.165, 1.54) is 0 Å². The number of urea groups is 1. The molecule has 3 aromatic rings. The molecule has 0 aliphatic carbocycles.